The number of anilines is 1. The van der Waals surface area contributed by atoms with Crippen molar-refractivity contribution >= 4 is 11.7 Å². The highest BCUT2D eigenvalue weighted by Gasteiger charge is 2.37. The number of pyridine rings is 1. The summed E-state index contributed by atoms with van der Waals surface area (Å²) >= 11 is 0. The van der Waals surface area contributed by atoms with Crippen LogP contribution in [0.25, 0.3) is 0 Å². The van der Waals surface area contributed by atoms with Crippen LogP contribution in [0.15, 0.2) is 54.7 Å². The third-order valence-corrected chi connectivity index (χ3v) is 7.96. The van der Waals surface area contributed by atoms with Gasteiger partial charge in [-0.1, -0.05) is 13.0 Å². The Bertz CT molecular complexity index is 1390. The molecule has 0 spiro atoms. The summed E-state index contributed by atoms with van der Waals surface area (Å²) in [6.07, 6.45) is -1.73. The van der Waals surface area contributed by atoms with E-state index in [1.54, 1.807) is 24.3 Å². The molecule has 1 aliphatic heterocycles. The van der Waals surface area contributed by atoms with Crippen LogP contribution in [-0.4, -0.2) is 64.6 Å². The van der Waals surface area contributed by atoms with Gasteiger partial charge in [0.25, 0.3) is 5.91 Å². The Kier molecular flexibility index (Phi) is 8.37. The molecule has 41 heavy (non-hydrogen) atoms. The van der Waals surface area contributed by atoms with Crippen molar-refractivity contribution in [1.29, 1.82) is 0 Å². The average molecular weight is 570 g/mol. The number of phenols is 1. The number of nitrogens with two attached hydrogens (primary N) is 1. The number of rotatable bonds is 8. The van der Waals surface area contributed by atoms with Crippen LogP contribution in [0.5, 0.6) is 17.2 Å². The Morgan fingerprint density at radius 3 is 2.44 bits per heavy atom. The van der Waals surface area contributed by atoms with Gasteiger partial charge in [-0.2, -0.15) is 13.2 Å². The van der Waals surface area contributed by atoms with Gasteiger partial charge in [-0.05, 0) is 61.3 Å². The van der Waals surface area contributed by atoms with Crippen LogP contribution in [-0.2, 0) is 12.7 Å². The van der Waals surface area contributed by atoms with Crippen molar-refractivity contribution in [1.82, 2.24) is 20.1 Å². The molecular weight excluding hydrogens is 535 g/mol. The highest BCUT2D eigenvalue weighted by atomic mass is 19.4. The van der Waals surface area contributed by atoms with Gasteiger partial charge in [0.15, 0.2) is 0 Å². The average Bonchev–Trinajstić information content (AvgIpc) is 2.93. The lowest BCUT2D eigenvalue weighted by molar-refractivity contribution is -0.138. The van der Waals surface area contributed by atoms with E-state index in [2.05, 4.69) is 22.1 Å². The van der Waals surface area contributed by atoms with E-state index in [1.165, 1.54) is 24.4 Å². The number of carbonyl (C=O) groups is 1. The molecule has 2 aromatic carbocycles. The highest BCUT2D eigenvalue weighted by Crippen LogP contribution is 2.43. The predicted molar refractivity (Wildman–Crippen MR) is 149 cm³/mol. The van der Waals surface area contributed by atoms with Gasteiger partial charge in [0.1, 0.15) is 23.1 Å². The number of ether oxygens (including phenoxy) is 1. The van der Waals surface area contributed by atoms with Crippen molar-refractivity contribution in [2.45, 2.75) is 44.4 Å². The number of nitrogens with one attached hydrogen (secondary N) is 1. The summed E-state index contributed by atoms with van der Waals surface area (Å²) in [5, 5.41) is 13.4. The number of piperazine rings is 1. The summed E-state index contributed by atoms with van der Waals surface area (Å²) < 4.78 is 48.0. The molecule has 5 rings (SSSR count). The quantitative estimate of drug-likeness (QED) is 0.351. The van der Waals surface area contributed by atoms with Crippen LogP contribution in [0.3, 0.4) is 0 Å². The molecule has 2 atom stereocenters. The lowest BCUT2D eigenvalue weighted by Crippen LogP contribution is -2.46. The topological polar surface area (TPSA) is 104 Å². The lowest BCUT2D eigenvalue weighted by Gasteiger charge is -2.38. The third kappa shape index (κ3) is 6.74. The molecule has 1 aromatic heterocycles. The highest BCUT2D eigenvalue weighted by molar-refractivity contribution is 5.94. The number of hydrogen-bond acceptors (Lipinski definition) is 7. The number of amides is 1. The number of nitrogens with zero attached hydrogens (tertiary/aromatic N) is 3. The van der Waals surface area contributed by atoms with Crippen LogP contribution in [0.1, 0.15) is 52.7 Å². The molecule has 2 aliphatic rings. The van der Waals surface area contributed by atoms with E-state index >= 15 is 0 Å². The van der Waals surface area contributed by atoms with Crippen molar-refractivity contribution in [2.75, 3.05) is 38.5 Å². The van der Waals surface area contributed by atoms with E-state index < -0.39 is 17.6 Å². The van der Waals surface area contributed by atoms with Crippen LogP contribution < -0.4 is 15.8 Å². The van der Waals surface area contributed by atoms with Crippen LogP contribution in [0.2, 0.25) is 0 Å². The van der Waals surface area contributed by atoms with Gasteiger partial charge < -0.3 is 25.8 Å². The molecule has 1 amide bonds. The number of benzene rings is 2. The molecule has 3 aromatic rings. The van der Waals surface area contributed by atoms with Crippen molar-refractivity contribution < 1.29 is 27.8 Å². The number of likely N-dealkylation sites (N-methyl/N-ethyl adjacent to an activating group) is 1. The fourth-order valence-corrected chi connectivity index (χ4v) is 5.44. The first-order valence-electron chi connectivity index (χ1n) is 13.8. The summed E-state index contributed by atoms with van der Waals surface area (Å²) in [5.74, 6) is 0.529. The molecule has 1 unspecified atom stereocenters. The number of alkyl halides is 3. The summed E-state index contributed by atoms with van der Waals surface area (Å²) in [6.45, 7) is 6.23. The SMILES string of the molecule is CCN1CCN(Cc2ccc(C(=O)NC3CC[C@H]3c3cc(Oc4ccnc(N)c4)ccc3O)cc2C(F)(F)F)CC1. The van der Waals surface area contributed by atoms with E-state index in [4.69, 9.17) is 10.5 Å². The zero-order chi connectivity index (χ0) is 29.1. The Balaban J connectivity index is 1.28. The molecule has 1 saturated carbocycles. The van der Waals surface area contributed by atoms with Crippen molar-refractivity contribution in [3.63, 3.8) is 0 Å². The number of carbonyl (C=O) groups excluding carboxylic acids is 1. The zero-order valence-corrected chi connectivity index (χ0v) is 22.8. The minimum atomic E-state index is -4.58. The minimum Gasteiger partial charge on any atom is -0.508 e. The first kappa shape index (κ1) is 28.7. The Morgan fingerprint density at radius 2 is 1.78 bits per heavy atom. The minimum absolute atomic E-state index is 0.0425. The number of halogens is 3. The van der Waals surface area contributed by atoms with Crippen LogP contribution >= 0.6 is 0 Å². The maximum Gasteiger partial charge on any atom is 0.416 e. The van der Waals surface area contributed by atoms with E-state index in [9.17, 15) is 23.1 Å². The standard InChI is InChI=1S/C30H34F3N5O3/c1-2-37-11-13-38(14-12-37)18-20-4-3-19(15-25(20)30(31,32)33)29(40)36-26-7-6-23(26)24-16-21(5-8-27(24)39)41-22-9-10-35-28(34)17-22/h3-5,8-10,15-17,23,26,39H,2,6-7,11-14,18H2,1H3,(H2,34,35)(H,36,40)/t23-,26?/m0/s1. The lowest BCUT2D eigenvalue weighted by atomic mass is 9.74. The number of nitrogen functional groups attached to an aromatic ring is 1. The second-order valence-electron chi connectivity index (χ2n) is 10.6. The number of hydrogen-bond donors (Lipinski definition) is 3. The maximum atomic E-state index is 14.0. The Hall–Kier alpha value is -3.83. The summed E-state index contributed by atoms with van der Waals surface area (Å²) in [7, 11) is 0. The van der Waals surface area contributed by atoms with Gasteiger partial charge in [0.05, 0.1) is 5.56 Å². The zero-order valence-electron chi connectivity index (χ0n) is 22.8. The van der Waals surface area contributed by atoms with Crippen molar-refractivity contribution in [2.24, 2.45) is 0 Å². The van der Waals surface area contributed by atoms with Crippen molar-refractivity contribution in [3.8, 4) is 17.2 Å². The predicted octanol–water partition coefficient (Wildman–Crippen LogP) is 4.99. The summed E-state index contributed by atoms with van der Waals surface area (Å²) in [5.41, 5.74) is 5.64. The van der Waals surface area contributed by atoms with Crippen molar-refractivity contribution in [3.05, 3.63) is 77.0 Å². The molecule has 0 bridgehead atoms. The van der Waals surface area contributed by atoms with Gasteiger partial charge in [-0.25, -0.2) is 4.98 Å². The second kappa shape index (κ2) is 12.0. The normalized spacial score (nSPS) is 19.9. The smallest absolute Gasteiger partial charge is 0.416 e. The summed E-state index contributed by atoms with van der Waals surface area (Å²) in [6, 6.07) is 11.5. The van der Waals surface area contributed by atoms with Crippen LogP contribution in [0.4, 0.5) is 19.0 Å². The van der Waals surface area contributed by atoms with E-state index in [-0.39, 0.29) is 35.4 Å². The fourth-order valence-electron chi connectivity index (χ4n) is 5.44. The van der Waals surface area contributed by atoms with Gasteiger partial charge in [-0.15, -0.1) is 0 Å². The molecule has 11 heteroatoms. The maximum absolute atomic E-state index is 14.0. The Morgan fingerprint density at radius 1 is 1.05 bits per heavy atom. The molecule has 8 nitrogen and oxygen atoms in total. The number of phenolic OH excluding ortho intramolecular Hbond substituents is 1. The number of aromatic hydroxyl groups is 1. The molecule has 1 aliphatic carbocycles. The van der Waals surface area contributed by atoms with E-state index in [0.29, 0.717) is 48.8 Å². The molecular formula is C30H34F3N5O3. The Labute approximate surface area is 236 Å². The molecule has 0 radical (unpaired) electrons. The fraction of sp³-hybridized carbons (Fsp3) is 0.400. The van der Waals surface area contributed by atoms with Gasteiger partial charge in [0.2, 0.25) is 0 Å². The first-order valence-corrected chi connectivity index (χ1v) is 13.8. The number of aromatic nitrogens is 1. The van der Waals surface area contributed by atoms with E-state index in [0.717, 1.165) is 25.7 Å². The van der Waals surface area contributed by atoms with Crippen LogP contribution in [0, 0.1) is 0 Å². The molecule has 4 N–H and O–H groups in total. The van der Waals surface area contributed by atoms with Gasteiger partial charge >= 0.3 is 6.18 Å². The first-order chi connectivity index (χ1) is 19.6. The molecule has 2 heterocycles. The van der Waals surface area contributed by atoms with E-state index in [1.807, 2.05) is 4.90 Å². The molecule has 218 valence electrons. The molecule has 1 saturated heterocycles. The third-order valence-electron chi connectivity index (χ3n) is 7.96. The molecule has 2 fully saturated rings. The largest absolute Gasteiger partial charge is 0.508 e. The monoisotopic (exact) mass is 569 g/mol. The summed E-state index contributed by atoms with van der Waals surface area (Å²) in [4.78, 5) is 21.3. The van der Waals surface area contributed by atoms with Gasteiger partial charge in [-0.3, -0.25) is 9.69 Å². The second-order valence-corrected chi connectivity index (χ2v) is 10.6. The van der Waals surface area contributed by atoms with Gasteiger partial charge in [0, 0.05) is 68.1 Å².